The van der Waals surface area contributed by atoms with E-state index in [9.17, 15) is 13.2 Å². The van der Waals surface area contributed by atoms with E-state index >= 15 is 0 Å². The second-order valence-corrected chi connectivity index (χ2v) is 3.32. The summed E-state index contributed by atoms with van der Waals surface area (Å²) < 4.78 is 43.1. The number of aliphatic hydroxyl groups excluding tert-OH is 1. The monoisotopic (exact) mass is 234 g/mol. The predicted octanol–water partition coefficient (Wildman–Crippen LogP) is 2.70. The van der Waals surface area contributed by atoms with Gasteiger partial charge in [-0.3, -0.25) is 0 Å². The Morgan fingerprint density at radius 2 is 2.06 bits per heavy atom. The number of methoxy groups -OCH3 is 1. The number of hydrogen-bond acceptors (Lipinski definition) is 2. The molecule has 16 heavy (non-hydrogen) atoms. The van der Waals surface area contributed by atoms with Gasteiger partial charge < -0.3 is 9.84 Å². The standard InChI is InChI=1S/C11H13F3O2/c1-16-10-7(3-2-4-15)5-8(12)6-9(10)11(13)14/h5-6,11,15H,2-4H2,1H3. The molecule has 90 valence electrons. The summed E-state index contributed by atoms with van der Waals surface area (Å²) in [6.45, 7) is -0.0797. The summed E-state index contributed by atoms with van der Waals surface area (Å²) in [6, 6.07) is 1.92. The van der Waals surface area contributed by atoms with E-state index in [0.29, 0.717) is 18.4 Å². The molecule has 0 heterocycles. The fraction of sp³-hybridized carbons (Fsp3) is 0.455. The summed E-state index contributed by atoms with van der Waals surface area (Å²) >= 11 is 0. The van der Waals surface area contributed by atoms with E-state index in [-0.39, 0.29) is 12.4 Å². The molecule has 0 saturated carbocycles. The number of rotatable bonds is 5. The Kier molecular flexibility index (Phi) is 4.61. The first-order valence-corrected chi connectivity index (χ1v) is 4.85. The normalized spacial score (nSPS) is 10.9. The maximum Gasteiger partial charge on any atom is 0.267 e. The largest absolute Gasteiger partial charge is 0.496 e. The van der Waals surface area contributed by atoms with E-state index in [1.807, 2.05) is 0 Å². The second-order valence-electron chi connectivity index (χ2n) is 3.32. The first-order valence-electron chi connectivity index (χ1n) is 4.85. The summed E-state index contributed by atoms with van der Waals surface area (Å²) in [6.07, 6.45) is -2.10. The van der Waals surface area contributed by atoms with Crippen molar-refractivity contribution in [3.05, 3.63) is 29.1 Å². The number of ether oxygens (including phenoxy) is 1. The van der Waals surface area contributed by atoms with Crippen LogP contribution in [0.3, 0.4) is 0 Å². The quantitative estimate of drug-likeness (QED) is 0.848. The van der Waals surface area contributed by atoms with Crippen LogP contribution in [0.1, 0.15) is 24.0 Å². The molecular weight excluding hydrogens is 221 g/mol. The Morgan fingerprint density at radius 1 is 1.38 bits per heavy atom. The molecule has 0 amide bonds. The van der Waals surface area contributed by atoms with Crippen LogP contribution in [0.15, 0.2) is 12.1 Å². The molecule has 0 unspecified atom stereocenters. The fourth-order valence-corrected chi connectivity index (χ4v) is 1.54. The SMILES string of the molecule is COc1c(CCCO)cc(F)cc1C(F)F. The topological polar surface area (TPSA) is 29.5 Å². The zero-order valence-corrected chi connectivity index (χ0v) is 8.84. The fourth-order valence-electron chi connectivity index (χ4n) is 1.54. The van der Waals surface area contributed by atoms with Crippen molar-refractivity contribution in [2.24, 2.45) is 0 Å². The molecule has 1 rings (SSSR count). The van der Waals surface area contributed by atoms with Crippen LogP contribution in [-0.2, 0) is 6.42 Å². The molecule has 0 aliphatic heterocycles. The van der Waals surface area contributed by atoms with Crippen LogP contribution in [0.25, 0.3) is 0 Å². The summed E-state index contributed by atoms with van der Waals surface area (Å²) in [5.74, 6) is -0.714. The Balaban J connectivity index is 3.14. The molecule has 1 aromatic carbocycles. The molecule has 0 bridgehead atoms. The lowest BCUT2D eigenvalue weighted by Crippen LogP contribution is -2.01. The smallest absolute Gasteiger partial charge is 0.267 e. The highest BCUT2D eigenvalue weighted by Crippen LogP contribution is 2.33. The van der Waals surface area contributed by atoms with Gasteiger partial charge >= 0.3 is 0 Å². The van der Waals surface area contributed by atoms with Gasteiger partial charge in [0.15, 0.2) is 0 Å². The Labute approximate surface area is 91.7 Å². The highest BCUT2D eigenvalue weighted by molar-refractivity contribution is 5.43. The third-order valence-corrected chi connectivity index (χ3v) is 2.20. The first kappa shape index (κ1) is 12.8. The second kappa shape index (κ2) is 5.75. The number of alkyl halides is 2. The van der Waals surface area contributed by atoms with Crippen molar-refractivity contribution >= 4 is 0 Å². The minimum atomic E-state index is -2.78. The third-order valence-electron chi connectivity index (χ3n) is 2.20. The van der Waals surface area contributed by atoms with Crippen LogP contribution >= 0.6 is 0 Å². The van der Waals surface area contributed by atoms with Gasteiger partial charge in [-0.05, 0) is 30.5 Å². The lowest BCUT2D eigenvalue weighted by molar-refractivity contribution is 0.146. The molecule has 2 nitrogen and oxygen atoms in total. The van der Waals surface area contributed by atoms with Gasteiger partial charge in [0.25, 0.3) is 6.43 Å². The highest BCUT2D eigenvalue weighted by Gasteiger charge is 2.18. The molecule has 0 fully saturated rings. The average Bonchev–Trinajstić information content (AvgIpc) is 2.25. The van der Waals surface area contributed by atoms with Gasteiger partial charge in [0.2, 0.25) is 0 Å². The average molecular weight is 234 g/mol. The van der Waals surface area contributed by atoms with Crippen LogP contribution in [0.5, 0.6) is 5.75 Å². The molecule has 1 N–H and O–H groups in total. The van der Waals surface area contributed by atoms with Gasteiger partial charge in [0.05, 0.1) is 12.7 Å². The molecule has 0 atom stereocenters. The number of benzene rings is 1. The van der Waals surface area contributed by atoms with Gasteiger partial charge in [-0.25, -0.2) is 13.2 Å². The third kappa shape index (κ3) is 2.88. The molecule has 0 aromatic heterocycles. The minimum Gasteiger partial charge on any atom is -0.496 e. The van der Waals surface area contributed by atoms with Crippen molar-refractivity contribution in [2.45, 2.75) is 19.3 Å². The number of halogens is 3. The van der Waals surface area contributed by atoms with Crippen LogP contribution in [0.4, 0.5) is 13.2 Å². The molecule has 1 aromatic rings. The van der Waals surface area contributed by atoms with E-state index in [1.54, 1.807) is 0 Å². The maximum absolute atomic E-state index is 13.1. The highest BCUT2D eigenvalue weighted by atomic mass is 19.3. The predicted molar refractivity (Wildman–Crippen MR) is 53.3 cm³/mol. The molecule has 0 spiro atoms. The summed E-state index contributed by atoms with van der Waals surface area (Å²) in [4.78, 5) is 0. The number of aryl methyl sites for hydroxylation is 1. The van der Waals surface area contributed by atoms with Crippen molar-refractivity contribution in [3.8, 4) is 5.75 Å². The van der Waals surface area contributed by atoms with Gasteiger partial charge in [-0.2, -0.15) is 0 Å². The Bertz CT molecular complexity index is 353. The first-order chi connectivity index (χ1) is 7.60. The van der Waals surface area contributed by atoms with E-state index in [2.05, 4.69) is 0 Å². The zero-order chi connectivity index (χ0) is 12.1. The van der Waals surface area contributed by atoms with E-state index in [1.165, 1.54) is 7.11 Å². The van der Waals surface area contributed by atoms with Crippen molar-refractivity contribution < 1.29 is 23.0 Å². The van der Waals surface area contributed by atoms with Crippen molar-refractivity contribution in [2.75, 3.05) is 13.7 Å². The summed E-state index contributed by atoms with van der Waals surface area (Å²) in [5.41, 5.74) is -0.0951. The molecule has 0 radical (unpaired) electrons. The Morgan fingerprint density at radius 3 is 2.56 bits per heavy atom. The minimum absolute atomic E-state index is 0.00449. The van der Waals surface area contributed by atoms with Crippen LogP contribution in [0.2, 0.25) is 0 Å². The van der Waals surface area contributed by atoms with E-state index in [4.69, 9.17) is 9.84 Å². The van der Waals surface area contributed by atoms with Crippen molar-refractivity contribution in [1.82, 2.24) is 0 Å². The molecular formula is C11H13F3O2. The maximum atomic E-state index is 13.1. The van der Waals surface area contributed by atoms with Crippen LogP contribution < -0.4 is 4.74 Å². The molecule has 0 saturated heterocycles. The lowest BCUT2D eigenvalue weighted by Gasteiger charge is -2.13. The lowest BCUT2D eigenvalue weighted by atomic mass is 10.0. The summed E-state index contributed by atoms with van der Waals surface area (Å²) in [5, 5.41) is 8.66. The zero-order valence-electron chi connectivity index (χ0n) is 8.84. The van der Waals surface area contributed by atoms with Crippen LogP contribution in [-0.4, -0.2) is 18.8 Å². The van der Waals surface area contributed by atoms with E-state index < -0.39 is 17.8 Å². The molecule has 0 aliphatic carbocycles. The van der Waals surface area contributed by atoms with Gasteiger partial charge in [0.1, 0.15) is 11.6 Å². The van der Waals surface area contributed by atoms with Gasteiger partial charge in [-0.15, -0.1) is 0 Å². The number of hydrogen-bond donors (Lipinski definition) is 1. The van der Waals surface area contributed by atoms with Gasteiger partial charge in [0, 0.05) is 6.61 Å². The van der Waals surface area contributed by atoms with Crippen LogP contribution in [0, 0.1) is 5.82 Å². The van der Waals surface area contributed by atoms with Gasteiger partial charge in [-0.1, -0.05) is 0 Å². The Hall–Kier alpha value is -1.23. The molecule has 0 aliphatic rings. The van der Waals surface area contributed by atoms with Crippen molar-refractivity contribution in [1.29, 1.82) is 0 Å². The molecule has 5 heteroatoms. The van der Waals surface area contributed by atoms with E-state index in [0.717, 1.165) is 12.1 Å². The summed E-state index contributed by atoms with van der Waals surface area (Å²) in [7, 11) is 1.27. The van der Waals surface area contributed by atoms with Crippen molar-refractivity contribution in [3.63, 3.8) is 0 Å². The number of aliphatic hydroxyl groups is 1.